The van der Waals surface area contributed by atoms with Crippen LogP contribution in [0.4, 0.5) is 0 Å². The number of hydrogen-bond acceptors (Lipinski definition) is 6. The first kappa shape index (κ1) is 33.3. The molecule has 6 heteroatoms. The van der Waals surface area contributed by atoms with Crippen molar-refractivity contribution in [3.05, 3.63) is 145 Å². The van der Waals surface area contributed by atoms with Gasteiger partial charge in [-0.25, -0.2) is 0 Å². The van der Waals surface area contributed by atoms with Crippen LogP contribution in [0.25, 0.3) is 33.4 Å². The van der Waals surface area contributed by atoms with Crippen molar-refractivity contribution < 1.29 is 28.4 Å². The van der Waals surface area contributed by atoms with Gasteiger partial charge in [-0.05, 0) is 35.1 Å². The first-order valence-electron chi connectivity index (χ1n) is 17.7. The molecule has 0 radical (unpaired) electrons. The lowest BCUT2D eigenvalue weighted by molar-refractivity contribution is -0.139. The lowest BCUT2D eigenvalue weighted by Crippen LogP contribution is -2.32. The molecular formula is C46H42O6. The Balaban J connectivity index is 1.26. The zero-order valence-electron chi connectivity index (χ0n) is 30.3. The van der Waals surface area contributed by atoms with E-state index in [1.807, 2.05) is 97.1 Å². The van der Waals surface area contributed by atoms with E-state index in [1.165, 1.54) is 0 Å². The van der Waals surface area contributed by atoms with Crippen molar-refractivity contribution >= 4 is 0 Å². The molecule has 52 heavy (non-hydrogen) atoms. The van der Waals surface area contributed by atoms with E-state index in [4.69, 9.17) is 28.4 Å². The molecule has 0 aromatic heterocycles. The molecule has 0 saturated carbocycles. The summed E-state index contributed by atoms with van der Waals surface area (Å²) in [4.78, 5) is 0. The Morgan fingerprint density at radius 1 is 0.346 bits per heavy atom. The molecule has 0 N–H and O–H groups in total. The molecule has 0 atom stereocenters. The van der Waals surface area contributed by atoms with E-state index in [2.05, 4.69) is 77.9 Å². The minimum Gasteiger partial charge on any atom is -0.422 e. The third-order valence-corrected chi connectivity index (χ3v) is 9.39. The number of ether oxygens (including phenoxy) is 6. The zero-order valence-corrected chi connectivity index (χ0v) is 30.3. The van der Waals surface area contributed by atoms with E-state index >= 15 is 0 Å². The van der Waals surface area contributed by atoms with Crippen LogP contribution in [0, 0.1) is 0 Å². The quantitative estimate of drug-likeness (QED) is 0.179. The molecule has 0 spiro atoms. The summed E-state index contributed by atoms with van der Waals surface area (Å²) in [6.07, 6.45) is 0. The maximum Gasteiger partial charge on any atom is 0.406 e. The van der Waals surface area contributed by atoms with E-state index in [0.29, 0.717) is 34.5 Å². The van der Waals surface area contributed by atoms with Crippen molar-refractivity contribution in [2.45, 2.75) is 65.3 Å². The van der Waals surface area contributed by atoms with Gasteiger partial charge in [0.25, 0.3) is 0 Å². The van der Waals surface area contributed by atoms with Crippen molar-refractivity contribution in [2.24, 2.45) is 0 Å². The van der Waals surface area contributed by atoms with E-state index < -0.39 is 13.0 Å². The van der Waals surface area contributed by atoms with E-state index in [9.17, 15) is 0 Å². The number of para-hydroxylation sites is 6. The molecule has 6 aromatic rings. The highest BCUT2D eigenvalue weighted by atomic mass is 16.9. The third kappa shape index (κ3) is 6.30. The summed E-state index contributed by atoms with van der Waals surface area (Å²) in [6.45, 7) is 10.9. The predicted molar refractivity (Wildman–Crippen MR) is 204 cm³/mol. The predicted octanol–water partition coefficient (Wildman–Crippen LogP) is 11.6. The van der Waals surface area contributed by atoms with Gasteiger partial charge < -0.3 is 28.4 Å². The highest BCUT2D eigenvalue weighted by Gasteiger charge is 2.33. The van der Waals surface area contributed by atoms with Crippen LogP contribution in [0.15, 0.2) is 133 Å². The van der Waals surface area contributed by atoms with Crippen molar-refractivity contribution in [3.63, 3.8) is 0 Å². The van der Waals surface area contributed by atoms with Crippen LogP contribution >= 0.6 is 0 Å². The molecule has 0 saturated heterocycles. The second kappa shape index (κ2) is 13.0. The Labute approximate surface area is 305 Å². The van der Waals surface area contributed by atoms with Crippen LogP contribution in [-0.4, -0.2) is 13.0 Å². The topological polar surface area (TPSA) is 55.4 Å². The number of rotatable bonds is 5. The SMILES string of the molecule is CC(C)(C)c1cccc(-c2cccc(C(C)(C)C)c2OC2Oc3ccccc3-c3ccccc3O2)c1OC1Oc2ccccc2-c2ccccc2O1. The van der Waals surface area contributed by atoms with Crippen LogP contribution in [0.1, 0.15) is 52.7 Å². The second-order valence-electron chi connectivity index (χ2n) is 15.1. The highest BCUT2D eigenvalue weighted by Crippen LogP contribution is 2.48. The fourth-order valence-electron chi connectivity index (χ4n) is 6.85. The molecular weight excluding hydrogens is 649 g/mol. The number of hydrogen-bond donors (Lipinski definition) is 0. The Morgan fingerprint density at radius 3 is 0.904 bits per heavy atom. The fourth-order valence-corrected chi connectivity index (χ4v) is 6.85. The second-order valence-corrected chi connectivity index (χ2v) is 15.1. The van der Waals surface area contributed by atoms with Crippen LogP contribution in [0.3, 0.4) is 0 Å². The molecule has 0 fully saturated rings. The van der Waals surface area contributed by atoms with Crippen molar-refractivity contribution in [2.75, 3.05) is 0 Å². The average Bonchev–Trinajstić information content (AvgIpc) is 3.38. The molecule has 2 aliphatic heterocycles. The van der Waals surface area contributed by atoms with E-state index in [1.54, 1.807) is 0 Å². The molecule has 2 heterocycles. The largest absolute Gasteiger partial charge is 0.422 e. The van der Waals surface area contributed by atoms with Gasteiger partial charge in [0.1, 0.15) is 34.5 Å². The lowest BCUT2D eigenvalue weighted by Gasteiger charge is -2.30. The van der Waals surface area contributed by atoms with E-state index in [0.717, 1.165) is 44.5 Å². The molecule has 0 amide bonds. The highest BCUT2D eigenvalue weighted by molar-refractivity contribution is 5.80. The Hall–Kier alpha value is -5.88. The molecule has 262 valence electrons. The standard InChI is InChI=1S/C46H42O6/c1-45(2,3)35-23-15-21-33(41(35)51-43-47-37-25-11-7-17-29(37)30-18-8-12-26-38(30)48-43)34-22-16-24-36(46(4,5)6)42(34)52-44-49-39-27-13-9-19-31(39)32-20-10-14-28-40(32)50-44/h7-28,43-44H,1-6H3. The summed E-state index contributed by atoms with van der Waals surface area (Å²) in [5.41, 5.74) is 6.77. The van der Waals surface area contributed by atoms with Gasteiger partial charge in [-0.1, -0.05) is 151 Å². The Kier molecular flexibility index (Phi) is 8.33. The monoisotopic (exact) mass is 690 g/mol. The van der Waals surface area contributed by atoms with Crippen molar-refractivity contribution in [1.29, 1.82) is 0 Å². The maximum atomic E-state index is 6.91. The van der Waals surface area contributed by atoms with Gasteiger partial charge in [0.15, 0.2) is 0 Å². The summed E-state index contributed by atoms with van der Waals surface area (Å²) in [5.74, 6) is 3.96. The number of benzene rings is 6. The minimum absolute atomic E-state index is 0.296. The fraction of sp³-hybridized carbons (Fsp3) is 0.217. The summed E-state index contributed by atoms with van der Waals surface area (Å²) in [5, 5.41) is 0. The van der Waals surface area contributed by atoms with Gasteiger partial charge in [0.2, 0.25) is 0 Å². The summed E-state index contributed by atoms with van der Waals surface area (Å²) in [6, 6.07) is 44.1. The molecule has 0 aliphatic carbocycles. The van der Waals surface area contributed by atoms with Gasteiger partial charge in [0, 0.05) is 44.5 Å². The molecule has 6 nitrogen and oxygen atoms in total. The minimum atomic E-state index is -1.08. The first-order valence-corrected chi connectivity index (χ1v) is 17.7. The normalized spacial score (nSPS) is 14.0. The van der Waals surface area contributed by atoms with Gasteiger partial charge >= 0.3 is 13.0 Å². The summed E-state index contributed by atoms with van der Waals surface area (Å²) in [7, 11) is 0. The third-order valence-electron chi connectivity index (χ3n) is 9.39. The first-order chi connectivity index (χ1) is 25.0. The van der Waals surface area contributed by atoms with E-state index in [-0.39, 0.29) is 10.8 Å². The van der Waals surface area contributed by atoms with Gasteiger partial charge in [-0.2, -0.15) is 0 Å². The van der Waals surface area contributed by atoms with Crippen molar-refractivity contribution in [3.8, 4) is 67.9 Å². The van der Waals surface area contributed by atoms with Gasteiger partial charge in [0.05, 0.1) is 0 Å². The van der Waals surface area contributed by atoms with Crippen LogP contribution in [0.5, 0.6) is 34.5 Å². The molecule has 2 aliphatic rings. The average molecular weight is 691 g/mol. The summed E-state index contributed by atoms with van der Waals surface area (Å²) >= 11 is 0. The van der Waals surface area contributed by atoms with Crippen LogP contribution < -0.4 is 28.4 Å². The number of fused-ring (bicyclic) bond motifs is 6. The Bertz CT molecular complexity index is 2000. The van der Waals surface area contributed by atoms with Crippen molar-refractivity contribution in [1.82, 2.24) is 0 Å². The van der Waals surface area contributed by atoms with Crippen LogP contribution in [-0.2, 0) is 10.8 Å². The molecule has 0 unspecified atom stereocenters. The zero-order chi connectivity index (χ0) is 36.0. The molecule has 8 rings (SSSR count). The Morgan fingerprint density at radius 2 is 0.615 bits per heavy atom. The van der Waals surface area contributed by atoms with Crippen LogP contribution in [0.2, 0.25) is 0 Å². The maximum absolute atomic E-state index is 6.91. The molecule has 6 aromatic carbocycles. The molecule has 0 bridgehead atoms. The smallest absolute Gasteiger partial charge is 0.406 e. The lowest BCUT2D eigenvalue weighted by atomic mass is 9.82. The van der Waals surface area contributed by atoms with Gasteiger partial charge in [-0.3, -0.25) is 0 Å². The van der Waals surface area contributed by atoms with Gasteiger partial charge in [-0.15, -0.1) is 0 Å². The summed E-state index contributed by atoms with van der Waals surface area (Å²) < 4.78 is 39.8.